The molecule has 112 valence electrons. The summed E-state index contributed by atoms with van der Waals surface area (Å²) in [6.07, 6.45) is 8.28. The van der Waals surface area contributed by atoms with Gasteiger partial charge in [0.05, 0.1) is 0 Å². The van der Waals surface area contributed by atoms with Crippen molar-refractivity contribution in [3.05, 3.63) is 30.1 Å². The van der Waals surface area contributed by atoms with Crippen molar-refractivity contribution >= 4 is 0 Å². The Morgan fingerprint density at radius 1 is 1.35 bits per heavy atom. The van der Waals surface area contributed by atoms with Gasteiger partial charge in [0.25, 0.3) is 0 Å². The molecule has 1 aliphatic rings. The SMILES string of the molecule is CCC1CCC(NC)C(N(C)CCc2ccccn2)C1. The zero-order valence-corrected chi connectivity index (χ0v) is 13.2. The first kappa shape index (κ1) is 15.5. The van der Waals surface area contributed by atoms with Crippen LogP contribution in [-0.4, -0.2) is 42.6 Å². The van der Waals surface area contributed by atoms with Gasteiger partial charge in [0.2, 0.25) is 0 Å². The lowest BCUT2D eigenvalue weighted by molar-refractivity contribution is 0.122. The van der Waals surface area contributed by atoms with Gasteiger partial charge in [0.1, 0.15) is 0 Å². The van der Waals surface area contributed by atoms with Crippen molar-refractivity contribution in [2.24, 2.45) is 5.92 Å². The summed E-state index contributed by atoms with van der Waals surface area (Å²) < 4.78 is 0. The third-order valence-electron chi connectivity index (χ3n) is 4.89. The second-order valence-corrected chi connectivity index (χ2v) is 6.10. The quantitative estimate of drug-likeness (QED) is 0.865. The molecular formula is C17H29N3. The Morgan fingerprint density at radius 3 is 2.85 bits per heavy atom. The van der Waals surface area contributed by atoms with Gasteiger partial charge in [-0.25, -0.2) is 0 Å². The van der Waals surface area contributed by atoms with E-state index in [2.05, 4.69) is 48.4 Å². The van der Waals surface area contributed by atoms with Gasteiger partial charge in [-0.1, -0.05) is 19.4 Å². The molecule has 0 amide bonds. The number of hydrogen-bond donors (Lipinski definition) is 1. The topological polar surface area (TPSA) is 28.2 Å². The first-order valence-corrected chi connectivity index (χ1v) is 8.02. The van der Waals surface area contributed by atoms with Crippen LogP contribution in [0.15, 0.2) is 24.4 Å². The van der Waals surface area contributed by atoms with Crippen LogP contribution in [0.3, 0.4) is 0 Å². The maximum atomic E-state index is 4.42. The van der Waals surface area contributed by atoms with Crippen LogP contribution < -0.4 is 5.32 Å². The summed E-state index contributed by atoms with van der Waals surface area (Å²) in [6.45, 7) is 3.42. The average Bonchev–Trinajstić information content (AvgIpc) is 2.52. The Labute approximate surface area is 123 Å². The van der Waals surface area contributed by atoms with Gasteiger partial charge in [0.15, 0.2) is 0 Å². The largest absolute Gasteiger partial charge is 0.315 e. The minimum atomic E-state index is 0.645. The molecule has 3 heteroatoms. The maximum absolute atomic E-state index is 4.42. The highest BCUT2D eigenvalue weighted by Crippen LogP contribution is 2.29. The molecule has 0 radical (unpaired) electrons. The number of likely N-dealkylation sites (N-methyl/N-ethyl adjacent to an activating group) is 2. The molecule has 3 unspecified atom stereocenters. The average molecular weight is 275 g/mol. The van der Waals surface area contributed by atoms with E-state index in [1.165, 1.54) is 31.4 Å². The normalized spacial score (nSPS) is 26.9. The van der Waals surface area contributed by atoms with E-state index in [0.717, 1.165) is 18.9 Å². The Morgan fingerprint density at radius 2 is 2.20 bits per heavy atom. The molecule has 0 saturated heterocycles. The van der Waals surface area contributed by atoms with Crippen molar-refractivity contribution < 1.29 is 0 Å². The van der Waals surface area contributed by atoms with E-state index in [1.54, 1.807) is 0 Å². The molecule has 1 fully saturated rings. The summed E-state index contributed by atoms with van der Waals surface area (Å²) in [5.74, 6) is 0.905. The molecule has 3 nitrogen and oxygen atoms in total. The minimum Gasteiger partial charge on any atom is -0.315 e. The summed E-state index contributed by atoms with van der Waals surface area (Å²) in [6, 6.07) is 7.50. The smallest absolute Gasteiger partial charge is 0.0416 e. The number of nitrogens with one attached hydrogen (secondary N) is 1. The zero-order valence-electron chi connectivity index (χ0n) is 13.2. The van der Waals surface area contributed by atoms with Crippen LogP contribution in [0.4, 0.5) is 0 Å². The van der Waals surface area contributed by atoms with Gasteiger partial charge >= 0.3 is 0 Å². The standard InChI is InChI=1S/C17H29N3/c1-4-14-8-9-16(18-2)17(13-14)20(3)12-10-15-7-5-6-11-19-15/h5-7,11,14,16-18H,4,8-10,12-13H2,1-3H3. The molecule has 1 aliphatic carbocycles. The molecule has 1 heterocycles. The molecule has 0 spiro atoms. The molecule has 0 aromatic carbocycles. The third kappa shape index (κ3) is 4.03. The van der Waals surface area contributed by atoms with Crippen LogP contribution in [0.1, 0.15) is 38.3 Å². The van der Waals surface area contributed by atoms with Crippen LogP contribution in [0.25, 0.3) is 0 Å². The Hall–Kier alpha value is -0.930. The van der Waals surface area contributed by atoms with Crippen molar-refractivity contribution in [1.82, 2.24) is 15.2 Å². The van der Waals surface area contributed by atoms with E-state index in [-0.39, 0.29) is 0 Å². The second kappa shape index (κ2) is 7.75. The van der Waals surface area contributed by atoms with Crippen LogP contribution in [-0.2, 0) is 6.42 Å². The van der Waals surface area contributed by atoms with Crippen molar-refractivity contribution in [2.75, 3.05) is 20.6 Å². The van der Waals surface area contributed by atoms with Crippen LogP contribution in [0, 0.1) is 5.92 Å². The molecule has 2 rings (SSSR count). The molecule has 1 saturated carbocycles. The number of aromatic nitrogens is 1. The Balaban J connectivity index is 1.90. The van der Waals surface area contributed by atoms with Crippen molar-refractivity contribution in [3.8, 4) is 0 Å². The molecule has 0 bridgehead atoms. The fourth-order valence-corrected chi connectivity index (χ4v) is 3.43. The fourth-order valence-electron chi connectivity index (χ4n) is 3.43. The van der Waals surface area contributed by atoms with Gasteiger partial charge in [-0.15, -0.1) is 0 Å². The predicted molar refractivity (Wildman–Crippen MR) is 84.8 cm³/mol. The predicted octanol–water partition coefficient (Wildman–Crippen LogP) is 2.72. The highest BCUT2D eigenvalue weighted by atomic mass is 15.2. The van der Waals surface area contributed by atoms with Gasteiger partial charge in [-0.3, -0.25) is 4.98 Å². The van der Waals surface area contributed by atoms with Gasteiger partial charge < -0.3 is 10.2 Å². The minimum absolute atomic E-state index is 0.645. The van der Waals surface area contributed by atoms with E-state index in [9.17, 15) is 0 Å². The van der Waals surface area contributed by atoms with Crippen LogP contribution in [0.2, 0.25) is 0 Å². The third-order valence-corrected chi connectivity index (χ3v) is 4.89. The molecule has 3 atom stereocenters. The van der Waals surface area contributed by atoms with Crippen molar-refractivity contribution in [1.29, 1.82) is 0 Å². The second-order valence-electron chi connectivity index (χ2n) is 6.10. The summed E-state index contributed by atoms with van der Waals surface area (Å²) in [5, 5.41) is 3.52. The van der Waals surface area contributed by atoms with Gasteiger partial charge in [0, 0.05) is 36.9 Å². The van der Waals surface area contributed by atoms with Crippen LogP contribution in [0.5, 0.6) is 0 Å². The first-order valence-electron chi connectivity index (χ1n) is 8.02. The summed E-state index contributed by atoms with van der Waals surface area (Å²) >= 11 is 0. The van der Waals surface area contributed by atoms with E-state index in [0.29, 0.717) is 12.1 Å². The summed E-state index contributed by atoms with van der Waals surface area (Å²) in [5.41, 5.74) is 1.20. The Bertz CT molecular complexity index is 379. The zero-order chi connectivity index (χ0) is 14.4. The highest BCUT2D eigenvalue weighted by molar-refractivity contribution is 5.04. The molecule has 0 aliphatic heterocycles. The van der Waals surface area contributed by atoms with Gasteiger partial charge in [-0.2, -0.15) is 0 Å². The lowest BCUT2D eigenvalue weighted by Gasteiger charge is -2.41. The van der Waals surface area contributed by atoms with E-state index >= 15 is 0 Å². The van der Waals surface area contributed by atoms with Gasteiger partial charge in [-0.05, 0) is 51.4 Å². The number of rotatable bonds is 6. The number of hydrogen-bond acceptors (Lipinski definition) is 3. The lowest BCUT2D eigenvalue weighted by atomic mass is 9.80. The molecule has 1 aromatic heterocycles. The number of nitrogens with zero attached hydrogens (tertiary/aromatic N) is 2. The molecule has 1 N–H and O–H groups in total. The fraction of sp³-hybridized carbons (Fsp3) is 0.706. The van der Waals surface area contributed by atoms with Crippen molar-refractivity contribution in [2.45, 2.75) is 51.1 Å². The van der Waals surface area contributed by atoms with E-state index in [1.807, 2.05) is 12.3 Å². The summed E-state index contributed by atoms with van der Waals surface area (Å²) in [4.78, 5) is 6.96. The highest BCUT2D eigenvalue weighted by Gasteiger charge is 2.31. The van der Waals surface area contributed by atoms with Crippen LogP contribution >= 0.6 is 0 Å². The monoisotopic (exact) mass is 275 g/mol. The summed E-state index contributed by atoms with van der Waals surface area (Å²) in [7, 11) is 4.38. The molecule has 1 aromatic rings. The molecular weight excluding hydrogens is 246 g/mol. The Kier molecular flexibility index (Phi) is 5.99. The van der Waals surface area contributed by atoms with Crippen molar-refractivity contribution in [3.63, 3.8) is 0 Å². The first-order chi connectivity index (χ1) is 9.74. The number of pyridine rings is 1. The lowest BCUT2D eigenvalue weighted by Crippen LogP contribution is -2.51. The maximum Gasteiger partial charge on any atom is 0.0416 e. The van der Waals surface area contributed by atoms with E-state index in [4.69, 9.17) is 0 Å². The molecule has 20 heavy (non-hydrogen) atoms. The van der Waals surface area contributed by atoms with E-state index < -0.39 is 0 Å².